The maximum atomic E-state index is 5.73. The summed E-state index contributed by atoms with van der Waals surface area (Å²) in [4.78, 5) is 0. The largest absolute Gasteiger partial charge is 0.123 e. The van der Waals surface area contributed by atoms with Crippen molar-refractivity contribution in [2.45, 2.75) is 38.0 Å². The second kappa shape index (κ2) is 6.15. The Morgan fingerprint density at radius 2 is 2.22 bits per heavy atom. The van der Waals surface area contributed by atoms with E-state index in [1.165, 1.54) is 12.8 Å². The maximum Gasteiger partial charge on any atom is 0.0307 e. The molecule has 0 aliphatic carbocycles. The van der Waals surface area contributed by atoms with Crippen molar-refractivity contribution in [3.63, 3.8) is 0 Å². The van der Waals surface area contributed by atoms with Gasteiger partial charge in [0.25, 0.3) is 0 Å². The Hall–Kier alpha value is 0.0300. The third kappa shape index (κ3) is 8.03. The summed E-state index contributed by atoms with van der Waals surface area (Å²) in [6, 6.07) is 0. The Morgan fingerprint density at radius 1 is 1.56 bits per heavy atom. The lowest BCUT2D eigenvalue weighted by Crippen LogP contribution is -1.88. The molecule has 0 saturated heterocycles. The topological polar surface area (TPSA) is 0 Å². The molecular formula is C8H15Cl. The molecule has 54 valence electrons. The normalized spacial score (nSPS) is 13.1. The van der Waals surface area contributed by atoms with Crippen molar-refractivity contribution in [3.05, 3.63) is 12.7 Å². The highest BCUT2D eigenvalue weighted by Gasteiger charge is 1.93. The van der Waals surface area contributed by atoms with Crippen LogP contribution in [-0.4, -0.2) is 5.38 Å². The van der Waals surface area contributed by atoms with Crippen LogP contribution in [0.3, 0.4) is 0 Å². The third-order valence-corrected chi connectivity index (χ3v) is 1.48. The molecule has 0 fully saturated rings. The minimum atomic E-state index is 0.342. The van der Waals surface area contributed by atoms with E-state index in [1.807, 2.05) is 13.0 Å². The Kier molecular flexibility index (Phi) is 6.18. The van der Waals surface area contributed by atoms with Gasteiger partial charge in [0, 0.05) is 5.38 Å². The fourth-order valence-electron chi connectivity index (χ4n) is 0.714. The summed E-state index contributed by atoms with van der Waals surface area (Å²) in [5, 5.41) is 0.342. The van der Waals surface area contributed by atoms with E-state index in [1.54, 1.807) is 0 Å². The molecule has 0 aromatic heterocycles. The van der Waals surface area contributed by atoms with Gasteiger partial charge in [-0.05, 0) is 26.2 Å². The first-order valence-electron chi connectivity index (χ1n) is 3.52. The fourth-order valence-corrected chi connectivity index (χ4v) is 0.869. The quantitative estimate of drug-likeness (QED) is 0.317. The molecule has 0 aliphatic heterocycles. The highest BCUT2D eigenvalue weighted by Crippen LogP contribution is 2.07. The van der Waals surface area contributed by atoms with Gasteiger partial charge in [-0.1, -0.05) is 12.5 Å². The number of unbranched alkanes of at least 4 members (excludes halogenated alkanes) is 2. The second-order valence-electron chi connectivity index (χ2n) is 2.35. The molecule has 0 amide bonds. The van der Waals surface area contributed by atoms with Gasteiger partial charge >= 0.3 is 0 Å². The Bertz CT molecular complexity index is 67.0. The van der Waals surface area contributed by atoms with Crippen LogP contribution in [-0.2, 0) is 0 Å². The smallest absolute Gasteiger partial charge is 0.0307 e. The first kappa shape index (κ1) is 9.03. The summed E-state index contributed by atoms with van der Waals surface area (Å²) in [6.45, 7) is 5.68. The van der Waals surface area contributed by atoms with Gasteiger partial charge in [0.2, 0.25) is 0 Å². The van der Waals surface area contributed by atoms with E-state index in [0.717, 1.165) is 12.8 Å². The van der Waals surface area contributed by atoms with E-state index < -0.39 is 0 Å². The Balaban J connectivity index is 2.82. The van der Waals surface area contributed by atoms with E-state index in [4.69, 9.17) is 11.6 Å². The molecule has 1 heteroatoms. The minimum Gasteiger partial charge on any atom is -0.123 e. The van der Waals surface area contributed by atoms with E-state index in [0.29, 0.717) is 5.38 Å². The second-order valence-corrected chi connectivity index (χ2v) is 3.10. The van der Waals surface area contributed by atoms with Gasteiger partial charge in [0.1, 0.15) is 0 Å². The predicted molar refractivity (Wildman–Crippen MR) is 44.0 cm³/mol. The van der Waals surface area contributed by atoms with E-state index in [-0.39, 0.29) is 0 Å². The minimum absolute atomic E-state index is 0.342. The van der Waals surface area contributed by atoms with Gasteiger partial charge in [0.05, 0.1) is 0 Å². The SMILES string of the molecule is C=CCCCCC(C)Cl. The van der Waals surface area contributed by atoms with Crippen molar-refractivity contribution < 1.29 is 0 Å². The standard InChI is InChI=1S/C8H15Cl/c1-3-4-5-6-7-8(2)9/h3,8H,1,4-7H2,2H3. The molecule has 0 heterocycles. The van der Waals surface area contributed by atoms with Crippen molar-refractivity contribution >= 4 is 11.6 Å². The molecule has 0 saturated carbocycles. The molecule has 0 rings (SSSR count). The summed E-state index contributed by atoms with van der Waals surface area (Å²) < 4.78 is 0. The molecule has 1 atom stereocenters. The van der Waals surface area contributed by atoms with Crippen molar-refractivity contribution in [1.82, 2.24) is 0 Å². The number of alkyl halides is 1. The summed E-state index contributed by atoms with van der Waals surface area (Å²) >= 11 is 5.73. The lowest BCUT2D eigenvalue weighted by Gasteiger charge is -1.99. The lowest BCUT2D eigenvalue weighted by atomic mass is 10.1. The van der Waals surface area contributed by atoms with Crippen molar-refractivity contribution in [2.75, 3.05) is 0 Å². The summed E-state index contributed by atoms with van der Waals surface area (Å²) in [5.41, 5.74) is 0. The van der Waals surface area contributed by atoms with Gasteiger partial charge < -0.3 is 0 Å². The van der Waals surface area contributed by atoms with Crippen LogP contribution in [0.15, 0.2) is 12.7 Å². The van der Waals surface area contributed by atoms with Gasteiger partial charge in [-0.2, -0.15) is 0 Å². The molecule has 0 N–H and O–H groups in total. The van der Waals surface area contributed by atoms with Crippen LogP contribution in [0, 0.1) is 0 Å². The van der Waals surface area contributed by atoms with Crippen LogP contribution in [0.2, 0.25) is 0 Å². The highest BCUT2D eigenvalue weighted by atomic mass is 35.5. The average molecular weight is 147 g/mol. The Morgan fingerprint density at radius 3 is 2.67 bits per heavy atom. The van der Waals surface area contributed by atoms with Crippen molar-refractivity contribution in [2.24, 2.45) is 0 Å². The zero-order valence-corrected chi connectivity index (χ0v) is 6.82. The maximum absolute atomic E-state index is 5.73. The molecule has 1 unspecified atom stereocenters. The van der Waals surface area contributed by atoms with Crippen LogP contribution in [0.5, 0.6) is 0 Å². The first-order chi connectivity index (χ1) is 4.27. The van der Waals surface area contributed by atoms with Crippen LogP contribution in [0.25, 0.3) is 0 Å². The monoisotopic (exact) mass is 146 g/mol. The number of halogens is 1. The molecule has 9 heavy (non-hydrogen) atoms. The third-order valence-electron chi connectivity index (χ3n) is 1.26. The zero-order chi connectivity index (χ0) is 7.11. The van der Waals surface area contributed by atoms with Crippen LogP contribution in [0.4, 0.5) is 0 Å². The molecule has 0 nitrogen and oxygen atoms in total. The van der Waals surface area contributed by atoms with Crippen LogP contribution < -0.4 is 0 Å². The number of rotatable bonds is 5. The van der Waals surface area contributed by atoms with Gasteiger partial charge in [0.15, 0.2) is 0 Å². The average Bonchev–Trinajstić information content (AvgIpc) is 1.80. The highest BCUT2D eigenvalue weighted by molar-refractivity contribution is 6.20. The zero-order valence-electron chi connectivity index (χ0n) is 6.07. The van der Waals surface area contributed by atoms with Crippen molar-refractivity contribution in [1.29, 1.82) is 0 Å². The summed E-state index contributed by atoms with van der Waals surface area (Å²) in [7, 11) is 0. The molecule has 0 bridgehead atoms. The number of hydrogen-bond acceptors (Lipinski definition) is 0. The molecule has 0 aromatic carbocycles. The predicted octanol–water partition coefficient (Wildman–Crippen LogP) is 3.36. The fraction of sp³-hybridized carbons (Fsp3) is 0.750. The van der Waals surface area contributed by atoms with Gasteiger partial charge in [-0.3, -0.25) is 0 Å². The first-order valence-corrected chi connectivity index (χ1v) is 3.96. The molecular weight excluding hydrogens is 132 g/mol. The van der Waals surface area contributed by atoms with Crippen LogP contribution >= 0.6 is 11.6 Å². The van der Waals surface area contributed by atoms with E-state index in [9.17, 15) is 0 Å². The summed E-state index contributed by atoms with van der Waals surface area (Å²) in [5.74, 6) is 0. The molecule has 0 aromatic rings. The lowest BCUT2D eigenvalue weighted by molar-refractivity contribution is 0.680. The number of hydrogen-bond donors (Lipinski definition) is 0. The molecule has 0 radical (unpaired) electrons. The van der Waals surface area contributed by atoms with E-state index in [2.05, 4.69) is 6.58 Å². The molecule has 0 spiro atoms. The van der Waals surface area contributed by atoms with E-state index >= 15 is 0 Å². The number of allylic oxidation sites excluding steroid dienone is 1. The van der Waals surface area contributed by atoms with Gasteiger partial charge in [-0.25, -0.2) is 0 Å². The molecule has 0 aliphatic rings. The van der Waals surface area contributed by atoms with Gasteiger partial charge in [-0.15, -0.1) is 18.2 Å². The Labute approximate surface area is 62.9 Å². The summed E-state index contributed by atoms with van der Waals surface area (Å²) in [6.07, 6.45) is 6.69. The van der Waals surface area contributed by atoms with Crippen molar-refractivity contribution in [3.8, 4) is 0 Å². The van der Waals surface area contributed by atoms with Crippen LogP contribution in [0.1, 0.15) is 32.6 Å².